The van der Waals surface area contributed by atoms with Gasteiger partial charge in [0.2, 0.25) is 0 Å². The summed E-state index contributed by atoms with van der Waals surface area (Å²) in [5.74, 6) is 0.377. The number of hydrogen-bond acceptors (Lipinski definition) is 6. The molecule has 0 bridgehead atoms. The number of anilines is 1. The van der Waals surface area contributed by atoms with E-state index in [4.69, 9.17) is 14.6 Å². The van der Waals surface area contributed by atoms with Gasteiger partial charge >= 0.3 is 0 Å². The number of nitrogens with two attached hydrogens (primary N) is 1. The van der Waals surface area contributed by atoms with Crippen molar-refractivity contribution in [2.45, 2.75) is 91.0 Å². The SMILES string of the molecule is CC(C)(C)[Si](C)(C)OCc1cc(CO[Si](C)(C)C(C)(C)C)cc(-n2cnc3c(N)ncnc32)c1. The van der Waals surface area contributed by atoms with E-state index < -0.39 is 16.6 Å². The highest BCUT2D eigenvalue weighted by atomic mass is 28.4. The highest BCUT2D eigenvalue weighted by Gasteiger charge is 2.38. The van der Waals surface area contributed by atoms with Gasteiger partial charge in [0.1, 0.15) is 12.7 Å². The third-order valence-corrected chi connectivity index (χ3v) is 16.4. The Morgan fingerprint density at radius 3 is 1.76 bits per heavy atom. The van der Waals surface area contributed by atoms with E-state index in [1.54, 1.807) is 6.33 Å². The first-order chi connectivity index (χ1) is 15.5. The lowest BCUT2D eigenvalue weighted by Crippen LogP contribution is -2.40. The summed E-state index contributed by atoms with van der Waals surface area (Å²) >= 11 is 0. The molecule has 0 atom stereocenters. The van der Waals surface area contributed by atoms with Crippen LogP contribution in [0.25, 0.3) is 16.9 Å². The van der Waals surface area contributed by atoms with Crippen LogP contribution in [0.4, 0.5) is 5.82 Å². The van der Waals surface area contributed by atoms with E-state index in [9.17, 15) is 0 Å². The van der Waals surface area contributed by atoms with Crippen molar-refractivity contribution in [3.63, 3.8) is 0 Å². The average Bonchev–Trinajstić information content (AvgIpc) is 3.15. The molecule has 9 heteroatoms. The Hall–Kier alpha value is -2.08. The number of rotatable bonds is 7. The van der Waals surface area contributed by atoms with E-state index in [0.29, 0.717) is 30.2 Å². The molecule has 34 heavy (non-hydrogen) atoms. The maximum Gasteiger partial charge on any atom is 0.192 e. The Morgan fingerprint density at radius 2 is 1.29 bits per heavy atom. The maximum atomic E-state index is 6.55. The van der Waals surface area contributed by atoms with Crippen LogP contribution in [0.5, 0.6) is 0 Å². The van der Waals surface area contributed by atoms with Crippen molar-refractivity contribution in [3.8, 4) is 5.69 Å². The van der Waals surface area contributed by atoms with Crippen LogP contribution >= 0.6 is 0 Å². The van der Waals surface area contributed by atoms with Crippen molar-refractivity contribution >= 4 is 33.6 Å². The van der Waals surface area contributed by atoms with Gasteiger partial charge in [-0.1, -0.05) is 47.6 Å². The van der Waals surface area contributed by atoms with Crippen LogP contribution in [-0.4, -0.2) is 36.2 Å². The number of benzene rings is 1. The third kappa shape index (κ3) is 5.59. The zero-order chi connectivity index (χ0) is 25.5. The minimum absolute atomic E-state index is 0.147. The number of nitrogens with zero attached hydrogens (tertiary/aromatic N) is 4. The van der Waals surface area contributed by atoms with Crippen molar-refractivity contribution in [2.75, 3.05) is 5.73 Å². The van der Waals surface area contributed by atoms with Crippen LogP contribution in [-0.2, 0) is 22.1 Å². The van der Waals surface area contributed by atoms with Crippen molar-refractivity contribution in [3.05, 3.63) is 42.0 Å². The van der Waals surface area contributed by atoms with E-state index in [1.807, 2.05) is 4.57 Å². The lowest BCUT2D eigenvalue weighted by Gasteiger charge is -2.36. The molecule has 0 spiro atoms. The fourth-order valence-corrected chi connectivity index (χ4v) is 4.97. The van der Waals surface area contributed by atoms with Crippen LogP contribution in [0.15, 0.2) is 30.9 Å². The minimum Gasteiger partial charge on any atom is -0.413 e. The molecule has 0 radical (unpaired) electrons. The second kappa shape index (κ2) is 9.18. The summed E-state index contributed by atoms with van der Waals surface area (Å²) < 4.78 is 15.1. The molecular formula is C25H41N5O2Si2. The largest absolute Gasteiger partial charge is 0.413 e. The van der Waals surface area contributed by atoms with Gasteiger partial charge in [-0.3, -0.25) is 4.57 Å². The van der Waals surface area contributed by atoms with E-state index >= 15 is 0 Å². The van der Waals surface area contributed by atoms with Crippen molar-refractivity contribution in [1.29, 1.82) is 0 Å². The van der Waals surface area contributed by atoms with Gasteiger partial charge in [-0.25, -0.2) is 15.0 Å². The smallest absolute Gasteiger partial charge is 0.192 e. The maximum absolute atomic E-state index is 6.55. The van der Waals surface area contributed by atoms with Crippen molar-refractivity contribution < 1.29 is 8.85 Å². The lowest BCUT2D eigenvalue weighted by molar-refractivity contribution is 0.270. The second-order valence-electron chi connectivity index (χ2n) is 12.2. The summed E-state index contributed by atoms with van der Waals surface area (Å²) in [6.07, 6.45) is 3.23. The van der Waals surface area contributed by atoms with Crippen LogP contribution in [0.3, 0.4) is 0 Å². The number of aromatic nitrogens is 4. The van der Waals surface area contributed by atoms with E-state index in [-0.39, 0.29) is 10.1 Å². The van der Waals surface area contributed by atoms with Gasteiger partial charge in [0.05, 0.1) is 13.2 Å². The van der Waals surface area contributed by atoms with Gasteiger partial charge < -0.3 is 14.6 Å². The van der Waals surface area contributed by atoms with Crippen LogP contribution < -0.4 is 5.73 Å². The van der Waals surface area contributed by atoms with Gasteiger partial charge in [-0.05, 0) is 59.5 Å². The van der Waals surface area contributed by atoms with E-state index in [2.05, 4.69) is 101 Å². The quantitative estimate of drug-likeness (QED) is 0.376. The molecular weight excluding hydrogens is 458 g/mol. The standard InChI is InChI=1S/C25H41N5O2Si2/c1-24(2,3)33(7,8)31-14-18-11-19(15-32-34(9,10)25(4,5)6)13-20(12-18)30-17-29-21-22(26)27-16-28-23(21)30/h11-13,16-17H,14-15H2,1-10H3,(H2,26,27,28). The number of hydrogen-bond donors (Lipinski definition) is 1. The molecule has 186 valence electrons. The number of fused-ring (bicyclic) bond motifs is 1. The molecule has 0 aliphatic carbocycles. The molecule has 1 aromatic carbocycles. The molecule has 0 saturated carbocycles. The Bertz CT molecular complexity index is 1110. The van der Waals surface area contributed by atoms with E-state index in [0.717, 1.165) is 16.8 Å². The van der Waals surface area contributed by atoms with Crippen LogP contribution in [0.2, 0.25) is 36.3 Å². The van der Waals surface area contributed by atoms with Gasteiger partial charge in [-0.15, -0.1) is 0 Å². The van der Waals surface area contributed by atoms with Gasteiger partial charge in [-0.2, -0.15) is 0 Å². The normalized spacial score (nSPS) is 13.6. The average molecular weight is 500 g/mol. The molecule has 3 rings (SSSR count). The molecule has 0 unspecified atom stereocenters. The Morgan fingerprint density at radius 1 is 0.794 bits per heavy atom. The number of nitrogen functional groups attached to an aromatic ring is 1. The molecule has 2 N–H and O–H groups in total. The summed E-state index contributed by atoms with van der Waals surface area (Å²) in [6.45, 7) is 23.8. The topological polar surface area (TPSA) is 88.1 Å². The third-order valence-electron chi connectivity index (χ3n) is 7.49. The molecule has 0 aliphatic rings. The summed E-state index contributed by atoms with van der Waals surface area (Å²) in [5.41, 5.74) is 10.5. The first-order valence-electron chi connectivity index (χ1n) is 11.9. The summed E-state index contributed by atoms with van der Waals surface area (Å²) in [4.78, 5) is 13.0. The van der Waals surface area contributed by atoms with Gasteiger partial charge in [0.15, 0.2) is 33.6 Å². The fourth-order valence-electron chi connectivity index (χ4n) is 3.05. The molecule has 0 aliphatic heterocycles. The van der Waals surface area contributed by atoms with Crippen molar-refractivity contribution in [2.24, 2.45) is 0 Å². The zero-order valence-electron chi connectivity index (χ0n) is 22.5. The second-order valence-corrected chi connectivity index (χ2v) is 21.8. The first kappa shape index (κ1) is 26.5. The Labute approximate surface area is 206 Å². The predicted octanol–water partition coefficient (Wildman–Crippen LogP) is 6.44. The predicted molar refractivity (Wildman–Crippen MR) is 145 cm³/mol. The highest BCUT2D eigenvalue weighted by Crippen LogP contribution is 2.38. The molecule has 3 aromatic rings. The molecule has 2 heterocycles. The fraction of sp³-hybridized carbons (Fsp3) is 0.560. The summed E-state index contributed by atoms with van der Waals surface area (Å²) in [7, 11) is -3.79. The highest BCUT2D eigenvalue weighted by molar-refractivity contribution is 6.74. The monoisotopic (exact) mass is 499 g/mol. The van der Waals surface area contributed by atoms with Crippen LogP contribution in [0, 0.1) is 0 Å². The number of imidazole rings is 1. The lowest BCUT2D eigenvalue weighted by atomic mass is 10.1. The van der Waals surface area contributed by atoms with Crippen LogP contribution in [0.1, 0.15) is 52.7 Å². The summed E-state index contributed by atoms with van der Waals surface area (Å²) in [5, 5.41) is 0.293. The molecule has 2 aromatic heterocycles. The van der Waals surface area contributed by atoms with E-state index in [1.165, 1.54) is 6.33 Å². The van der Waals surface area contributed by atoms with Gasteiger partial charge in [0, 0.05) is 5.69 Å². The molecule has 0 amide bonds. The Balaban J connectivity index is 2.00. The minimum atomic E-state index is -1.89. The Kier molecular flexibility index (Phi) is 7.16. The van der Waals surface area contributed by atoms with Gasteiger partial charge in [0.25, 0.3) is 0 Å². The van der Waals surface area contributed by atoms with Crippen molar-refractivity contribution in [1.82, 2.24) is 19.5 Å². The zero-order valence-corrected chi connectivity index (χ0v) is 24.5. The molecule has 7 nitrogen and oxygen atoms in total. The molecule has 0 fully saturated rings. The molecule has 0 saturated heterocycles. The summed E-state index contributed by atoms with van der Waals surface area (Å²) in [6, 6.07) is 6.48. The first-order valence-corrected chi connectivity index (χ1v) is 17.7.